The first kappa shape index (κ1) is 9.68. The maximum absolute atomic E-state index is 12.0. The number of sulfone groups is 1. The van der Waals surface area contributed by atoms with Crippen molar-refractivity contribution in [3.8, 4) is 0 Å². The summed E-state index contributed by atoms with van der Waals surface area (Å²) in [5, 5.41) is 2.79. The van der Waals surface area contributed by atoms with Crippen LogP contribution in [0, 0.1) is 0 Å². The zero-order chi connectivity index (χ0) is 10.2. The Balaban J connectivity index is 2.63. The molecule has 0 aliphatic carbocycles. The molecule has 0 saturated carbocycles. The molecule has 0 fully saturated rings. The van der Waals surface area contributed by atoms with Gasteiger partial charge in [-0.25, -0.2) is 8.42 Å². The third kappa shape index (κ3) is 1.44. The van der Waals surface area contributed by atoms with Gasteiger partial charge in [-0.05, 0) is 18.6 Å². The van der Waals surface area contributed by atoms with Gasteiger partial charge in [0.15, 0.2) is 9.84 Å². The van der Waals surface area contributed by atoms with Crippen molar-refractivity contribution >= 4 is 9.84 Å². The quantitative estimate of drug-likeness (QED) is 0.695. The van der Waals surface area contributed by atoms with E-state index >= 15 is 0 Å². The summed E-state index contributed by atoms with van der Waals surface area (Å²) in [5.41, 5.74) is 0.872. The summed E-state index contributed by atoms with van der Waals surface area (Å²) in [6.45, 7) is 2.90. The molecule has 1 aliphatic heterocycles. The Labute approximate surface area is 84.1 Å². The van der Waals surface area contributed by atoms with E-state index < -0.39 is 9.84 Å². The second kappa shape index (κ2) is 3.37. The molecule has 14 heavy (non-hydrogen) atoms. The Morgan fingerprint density at radius 2 is 2.07 bits per heavy atom. The topological polar surface area (TPSA) is 46.2 Å². The van der Waals surface area contributed by atoms with Gasteiger partial charge in [0, 0.05) is 13.1 Å². The first-order valence-electron chi connectivity index (χ1n) is 4.65. The molecule has 1 unspecified atom stereocenters. The summed E-state index contributed by atoms with van der Waals surface area (Å²) in [7, 11) is -3.12. The van der Waals surface area contributed by atoms with Gasteiger partial charge in [-0.2, -0.15) is 0 Å². The number of nitrogens with one attached hydrogen (secondary N) is 1. The summed E-state index contributed by atoms with van der Waals surface area (Å²) in [6, 6.07) is 7.19. The van der Waals surface area contributed by atoms with Gasteiger partial charge in [0.25, 0.3) is 0 Å². The lowest BCUT2D eigenvalue weighted by Crippen LogP contribution is -2.27. The van der Waals surface area contributed by atoms with Gasteiger partial charge in [-0.3, -0.25) is 0 Å². The molecule has 1 heterocycles. The molecule has 76 valence electrons. The average Bonchev–Trinajstić information content (AvgIpc) is 2.27. The predicted octanol–water partition coefficient (Wildman–Crippen LogP) is 0.952. The Morgan fingerprint density at radius 3 is 2.86 bits per heavy atom. The summed E-state index contributed by atoms with van der Waals surface area (Å²) in [4.78, 5) is 0.484. The summed E-state index contributed by atoms with van der Waals surface area (Å²) in [5.74, 6) is 0. The second-order valence-corrected chi connectivity index (χ2v) is 5.93. The van der Waals surface area contributed by atoms with Crippen molar-refractivity contribution in [2.24, 2.45) is 0 Å². The van der Waals surface area contributed by atoms with Crippen LogP contribution in [-0.2, 0) is 16.4 Å². The first-order valence-corrected chi connectivity index (χ1v) is 6.19. The van der Waals surface area contributed by atoms with Crippen LogP contribution in [-0.4, -0.2) is 20.2 Å². The second-order valence-electron chi connectivity index (χ2n) is 3.59. The zero-order valence-electron chi connectivity index (χ0n) is 8.03. The highest BCUT2D eigenvalue weighted by molar-refractivity contribution is 7.92. The van der Waals surface area contributed by atoms with Gasteiger partial charge in [0.2, 0.25) is 0 Å². The standard InChI is InChI=1S/C10H13NO2S/c1-8-6-11-7-9-4-2-3-5-10(9)14(8,12)13/h2-5,8,11H,6-7H2,1H3. The molecule has 1 aromatic carbocycles. The van der Waals surface area contributed by atoms with Crippen molar-refractivity contribution < 1.29 is 8.42 Å². The molecular formula is C10H13NO2S. The molecule has 1 aliphatic rings. The fourth-order valence-electron chi connectivity index (χ4n) is 1.66. The van der Waals surface area contributed by atoms with Crippen molar-refractivity contribution in [3.63, 3.8) is 0 Å². The number of fused-ring (bicyclic) bond motifs is 1. The molecule has 2 rings (SSSR count). The number of hydrogen-bond acceptors (Lipinski definition) is 3. The molecule has 0 amide bonds. The molecular weight excluding hydrogens is 198 g/mol. The van der Waals surface area contributed by atoms with Crippen molar-refractivity contribution in [3.05, 3.63) is 29.8 Å². The normalized spacial score (nSPS) is 25.1. The van der Waals surface area contributed by atoms with Crippen molar-refractivity contribution in [2.75, 3.05) is 6.54 Å². The van der Waals surface area contributed by atoms with Gasteiger partial charge in [0.1, 0.15) is 0 Å². The fourth-order valence-corrected chi connectivity index (χ4v) is 3.21. The van der Waals surface area contributed by atoms with Gasteiger partial charge in [-0.15, -0.1) is 0 Å². The Kier molecular flexibility index (Phi) is 2.33. The number of benzene rings is 1. The van der Waals surface area contributed by atoms with Crippen molar-refractivity contribution in [1.29, 1.82) is 0 Å². The van der Waals surface area contributed by atoms with E-state index in [1.807, 2.05) is 12.1 Å². The molecule has 0 bridgehead atoms. The van der Waals surface area contributed by atoms with E-state index in [9.17, 15) is 8.42 Å². The maximum Gasteiger partial charge on any atom is 0.182 e. The van der Waals surface area contributed by atoms with Gasteiger partial charge < -0.3 is 5.32 Å². The number of hydrogen-bond donors (Lipinski definition) is 1. The van der Waals surface area contributed by atoms with Crippen LogP contribution in [0.15, 0.2) is 29.2 Å². The lowest BCUT2D eigenvalue weighted by Gasteiger charge is -2.09. The van der Waals surface area contributed by atoms with E-state index in [1.165, 1.54) is 0 Å². The van der Waals surface area contributed by atoms with Crippen LogP contribution in [0.4, 0.5) is 0 Å². The third-order valence-electron chi connectivity index (χ3n) is 2.56. The molecule has 1 aromatic rings. The lowest BCUT2D eigenvalue weighted by molar-refractivity contribution is 0.580. The van der Waals surface area contributed by atoms with Crippen LogP contribution >= 0.6 is 0 Å². The van der Waals surface area contributed by atoms with Crippen LogP contribution < -0.4 is 5.32 Å². The Hall–Kier alpha value is -0.870. The van der Waals surface area contributed by atoms with Gasteiger partial charge in [-0.1, -0.05) is 18.2 Å². The smallest absolute Gasteiger partial charge is 0.182 e. The highest BCUT2D eigenvalue weighted by Crippen LogP contribution is 2.22. The minimum atomic E-state index is -3.12. The molecule has 0 aromatic heterocycles. The van der Waals surface area contributed by atoms with Crippen molar-refractivity contribution in [2.45, 2.75) is 23.6 Å². The highest BCUT2D eigenvalue weighted by atomic mass is 32.2. The average molecular weight is 211 g/mol. The Morgan fingerprint density at radius 1 is 1.36 bits per heavy atom. The van der Waals surface area contributed by atoms with Crippen LogP contribution in [0.5, 0.6) is 0 Å². The van der Waals surface area contributed by atoms with E-state index in [1.54, 1.807) is 19.1 Å². The monoisotopic (exact) mass is 211 g/mol. The molecule has 0 spiro atoms. The lowest BCUT2D eigenvalue weighted by atomic mass is 10.2. The van der Waals surface area contributed by atoms with Gasteiger partial charge in [0.05, 0.1) is 10.1 Å². The molecule has 4 heteroatoms. The minimum Gasteiger partial charge on any atom is -0.311 e. The van der Waals surface area contributed by atoms with Crippen molar-refractivity contribution in [1.82, 2.24) is 5.32 Å². The SMILES string of the molecule is CC1CNCc2ccccc2S1(=O)=O. The summed E-state index contributed by atoms with van der Waals surface area (Å²) >= 11 is 0. The maximum atomic E-state index is 12.0. The van der Waals surface area contributed by atoms with Crippen LogP contribution in [0.1, 0.15) is 12.5 Å². The summed E-state index contributed by atoms with van der Waals surface area (Å²) < 4.78 is 24.0. The third-order valence-corrected chi connectivity index (χ3v) is 4.79. The highest BCUT2D eigenvalue weighted by Gasteiger charge is 2.27. The largest absolute Gasteiger partial charge is 0.311 e. The first-order chi connectivity index (χ1) is 6.62. The van der Waals surface area contributed by atoms with Crippen LogP contribution in [0.2, 0.25) is 0 Å². The van der Waals surface area contributed by atoms with E-state index in [4.69, 9.17) is 0 Å². The fraction of sp³-hybridized carbons (Fsp3) is 0.400. The molecule has 0 radical (unpaired) electrons. The summed E-state index contributed by atoms with van der Waals surface area (Å²) in [6.07, 6.45) is 0. The molecule has 1 N–H and O–H groups in total. The van der Waals surface area contributed by atoms with Crippen LogP contribution in [0.3, 0.4) is 0 Å². The Bertz CT molecular complexity index is 439. The minimum absolute atomic E-state index is 0.342. The van der Waals surface area contributed by atoms with E-state index in [0.717, 1.165) is 5.56 Å². The molecule has 1 atom stereocenters. The van der Waals surface area contributed by atoms with E-state index in [2.05, 4.69) is 5.32 Å². The zero-order valence-corrected chi connectivity index (χ0v) is 8.84. The number of rotatable bonds is 0. The van der Waals surface area contributed by atoms with E-state index in [0.29, 0.717) is 18.0 Å². The predicted molar refractivity (Wildman–Crippen MR) is 54.8 cm³/mol. The molecule has 0 saturated heterocycles. The molecule has 3 nitrogen and oxygen atoms in total. The van der Waals surface area contributed by atoms with Crippen LogP contribution in [0.25, 0.3) is 0 Å². The van der Waals surface area contributed by atoms with Gasteiger partial charge >= 0.3 is 0 Å². The van der Waals surface area contributed by atoms with E-state index in [-0.39, 0.29) is 5.25 Å².